The molecule has 1 aliphatic rings. The summed E-state index contributed by atoms with van der Waals surface area (Å²) in [6, 6.07) is 8.75. The van der Waals surface area contributed by atoms with Crippen molar-refractivity contribution >= 4 is 17.3 Å². The Morgan fingerprint density at radius 1 is 1.03 bits per heavy atom. The SMILES string of the molecule is CC(C)Nc1cc(Nc2ccnc(C3(O)CC3)c2)nc(-c2cccc(C(F)(F)F)n2)n1. The van der Waals surface area contributed by atoms with Gasteiger partial charge >= 0.3 is 6.18 Å². The van der Waals surface area contributed by atoms with E-state index in [-0.39, 0.29) is 17.6 Å². The molecule has 0 unspecified atom stereocenters. The van der Waals surface area contributed by atoms with Crippen LogP contribution in [0.1, 0.15) is 38.1 Å². The number of aliphatic hydroxyl groups is 1. The largest absolute Gasteiger partial charge is 0.433 e. The Kier molecular flexibility index (Phi) is 5.26. The Bertz CT molecular complexity index is 1100. The van der Waals surface area contributed by atoms with Crippen LogP contribution in [-0.2, 0) is 11.8 Å². The summed E-state index contributed by atoms with van der Waals surface area (Å²) in [7, 11) is 0. The number of rotatable bonds is 6. The van der Waals surface area contributed by atoms with E-state index >= 15 is 0 Å². The third-order valence-electron chi connectivity index (χ3n) is 4.66. The van der Waals surface area contributed by atoms with Gasteiger partial charge in [0.2, 0.25) is 0 Å². The van der Waals surface area contributed by atoms with Crippen molar-refractivity contribution in [3.8, 4) is 11.5 Å². The number of anilines is 3. The normalized spacial score (nSPS) is 15.1. The van der Waals surface area contributed by atoms with Crippen molar-refractivity contribution in [2.45, 2.75) is 44.5 Å². The fraction of sp³-hybridized carbons (Fsp3) is 0.333. The molecule has 3 aromatic rings. The van der Waals surface area contributed by atoms with Crippen LogP contribution in [0.5, 0.6) is 0 Å². The zero-order chi connectivity index (χ0) is 22.2. The minimum absolute atomic E-state index is 0.00740. The number of pyridine rings is 2. The average Bonchev–Trinajstić information content (AvgIpc) is 3.46. The van der Waals surface area contributed by atoms with E-state index in [0.717, 1.165) is 6.07 Å². The maximum absolute atomic E-state index is 13.1. The van der Waals surface area contributed by atoms with Gasteiger partial charge in [0.25, 0.3) is 0 Å². The van der Waals surface area contributed by atoms with Crippen LogP contribution in [0.3, 0.4) is 0 Å². The minimum atomic E-state index is -4.57. The lowest BCUT2D eigenvalue weighted by molar-refractivity contribution is -0.141. The number of aromatic nitrogens is 4. The summed E-state index contributed by atoms with van der Waals surface area (Å²) < 4.78 is 39.3. The summed E-state index contributed by atoms with van der Waals surface area (Å²) in [5, 5.41) is 16.6. The molecular formula is C21H21F3N6O. The number of hydrogen-bond donors (Lipinski definition) is 3. The monoisotopic (exact) mass is 430 g/mol. The molecule has 0 saturated heterocycles. The molecule has 10 heteroatoms. The predicted molar refractivity (Wildman–Crippen MR) is 110 cm³/mol. The third-order valence-corrected chi connectivity index (χ3v) is 4.66. The zero-order valence-corrected chi connectivity index (χ0v) is 16.9. The summed E-state index contributed by atoms with van der Waals surface area (Å²) in [5.41, 5.74) is -0.690. The van der Waals surface area contributed by atoms with Crippen LogP contribution in [0.4, 0.5) is 30.5 Å². The summed E-state index contributed by atoms with van der Waals surface area (Å²) >= 11 is 0. The number of nitrogens with one attached hydrogen (secondary N) is 2. The fourth-order valence-corrected chi connectivity index (χ4v) is 3.00. The van der Waals surface area contributed by atoms with Crippen LogP contribution in [0.25, 0.3) is 11.5 Å². The van der Waals surface area contributed by atoms with Crippen LogP contribution in [0.2, 0.25) is 0 Å². The highest BCUT2D eigenvalue weighted by Gasteiger charge is 2.43. The molecule has 1 fully saturated rings. The zero-order valence-electron chi connectivity index (χ0n) is 16.9. The molecule has 31 heavy (non-hydrogen) atoms. The minimum Gasteiger partial charge on any atom is -0.384 e. The average molecular weight is 430 g/mol. The molecule has 7 nitrogen and oxygen atoms in total. The van der Waals surface area contributed by atoms with Crippen LogP contribution < -0.4 is 10.6 Å². The van der Waals surface area contributed by atoms with E-state index in [9.17, 15) is 18.3 Å². The summed E-state index contributed by atoms with van der Waals surface area (Å²) in [5.74, 6) is 0.860. The molecule has 0 aliphatic heterocycles. The van der Waals surface area contributed by atoms with Crippen molar-refractivity contribution in [3.05, 3.63) is 54.0 Å². The molecule has 0 amide bonds. The first-order valence-corrected chi connectivity index (χ1v) is 9.79. The van der Waals surface area contributed by atoms with Crippen molar-refractivity contribution in [2.75, 3.05) is 10.6 Å². The quantitative estimate of drug-likeness (QED) is 0.530. The van der Waals surface area contributed by atoms with Gasteiger partial charge in [-0.15, -0.1) is 0 Å². The Hall–Kier alpha value is -3.27. The van der Waals surface area contributed by atoms with Gasteiger partial charge < -0.3 is 15.7 Å². The molecule has 0 spiro atoms. The van der Waals surface area contributed by atoms with Crippen molar-refractivity contribution in [3.63, 3.8) is 0 Å². The van der Waals surface area contributed by atoms with Gasteiger partial charge in [-0.1, -0.05) is 6.07 Å². The van der Waals surface area contributed by atoms with Gasteiger partial charge in [0.15, 0.2) is 5.82 Å². The molecule has 3 heterocycles. The number of alkyl halides is 3. The van der Waals surface area contributed by atoms with Crippen molar-refractivity contribution < 1.29 is 18.3 Å². The van der Waals surface area contributed by atoms with E-state index < -0.39 is 17.5 Å². The Morgan fingerprint density at radius 2 is 1.77 bits per heavy atom. The molecule has 0 atom stereocenters. The van der Waals surface area contributed by atoms with Crippen LogP contribution in [0, 0.1) is 0 Å². The first-order valence-electron chi connectivity index (χ1n) is 9.79. The van der Waals surface area contributed by atoms with Gasteiger partial charge in [0, 0.05) is 24.0 Å². The fourth-order valence-electron chi connectivity index (χ4n) is 3.00. The second-order valence-corrected chi connectivity index (χ2v) is 7.75. The molecule has 3 N–H and O–H groups in total. The third kappa shape index (κ3) is 4.91. The van der Waals surface area contributed by atoms with Gasteiger partial charge in [-0.25, -0.2) is 15.0 Å². The lowest BCUT2D eigenvalue weighted by atomic mass is 10.2. The van der Waals surface area contributed by atoms with E-state index in [1.165, 1.54) is 12.1 Å². The smallest absolute Gasteiger partial charge is 0.384 e. The number of nitrogens with zero attached hydrogens (tertiary/aromatic N) is 4. The first-order chi connectivity index (χ1) is 14.6. The predicted octanol–water partition coefficient (Wildman–Crippen LogP) is 4.50. The van der Waals surface area contributed by atoms with Crippen molar-refractivity contribution in [1.29, 1.82) is 0 Å². The van der Waals surface area contributed by atoms with Gasteiger partial charge in [-0.2, -0.15) is 13.2 Å². The molecule has 4 rings (SSSR count). The molecule has 1 saturated carbocycles. The second kappa shape index (κ2) is 7.77. The Balaban J connectivity index is 1.70. The Labute approximate surface area is 176 Å². The van der Waals surface area contributed by atoms with Gasteiger partial charge in [-0.05, 0) is 51.0 Å². The van der Waals surface area contributed by atoms with Crippen LogP contribution >= 0.6 is 0 Å². The molecule has 0 bridgehead atoms. The Morgan fingerprint density at radius 3 is 2.45 bits per heavy atom. The number of hydrogen-bond acceptors (Lipinski definition) is 7. The highest BCUT2D eigenvalue weighted by molar-refractivity contribution is 5.64. The van der Waals surface area contributed by atoms with E-state index in [4.69, 9.17) is 0 Å². The lowest BCUT2D eigenvalue weighted by Gasteiger charge is -2.14. The highest BCUT2D eigenvalue weighted by Crippen LogP contribution is 2.44. The standard InChI is InChI=1S/C21H21F3N6O/c1-12(2)26-17-11-18(27-13-6-9-25-16(10-13)20(31)7-8-20)30-19(29-17)14-4-3-5-15(28-14)21(22,23)24/h3-6,9-12,31H,7-8H2,1-2H3,(H2,25,26,27,29,30). The lowest BCUT2D eigenvalue weighted by Crippen LogP contribution is -2.13. The molecule has 0 radical (unpaired) electrons. The van der Waals surface area contributed by atoms with Crippen molar-refractivity contribution in [2.24, 2.45) is 0 Å². The van der Waals surface area contributed by atoms with Crippen LogP contribution in [-0.4, -0.2) is 31.1 Å². The number of halogens is 3. The molecule has 162 valence electrons. The maximum Gasteiger partial charge on any atom is 0.433 e. The van der Waals surface area contributed by atoms with Gasteiger partial charge in [0.1, 0.15) is 28.6 Å². The second-order valence-electron chi connectivity index (χ2n) is 7.75. The topological polar surface area (TPSA) is 95.9 Å². The first kappa shape index (κ1) is 21.0. The molecule has 0 aromatic carbocycles. The van der Waals surface area contributed by atoms with Crippen molar-refractivity contribution in [1.82, 2.24) is 19.9 Å². The van der Waals surface area contributed by atoms with E-state index in [0.29, 0.717) is 35.9 Å². The summed E-state index contributed by atoms with van der Waals surface area (Å²) in [4.78, 5) is 16.6. The molecule has 1 aliphatic carbocycles. The van der Waals surface area contributed by atoms with Crippen LogP contribution in [0.15, 0.2) is 42.6 Å². The van der Waals surface area contributed by atoms with Gasteiger partial charge in [0.05, 0.1) is 5.69 Å². The summed E-state index contributed by atoms with van der Waals surface area (Å²) in [6.45, 7) is 3.84. The molecular weight excluding hydrogens is 409 g/mol. The van der Waals surface area contributed by atoms with E-state index in [1.807, 2.05) is 13.8 Å². The van der Waals surface area contributed by atoms with Gasteiger partial charge in [-0.3, -0.25) is 4.98 Å². The van der Waals surface area contributed by atoms with E-state index in [2.05, 4.69) is 30.6 Å². The highest BCUT2D eigenvalue weighted by atomic mass is 19.4. The van der Waals surface area contributed by atoms with E-state index in [1.54, 1.807) is 24.4 Å². The maximum atomic E-state index is 13.1. The molecule has 3 aromatic heterocycles. The summed E-state index contributed by atoms with van der Waals surface area (Å²) in [6.07, 6.45) is -1.67.